The van der Waals surface area contributed by atoms with E-state index in [-0.39, 0.29) is 23.5 Å². The molecule has 0 heterocycles. The first kappa shape index (κ1) is 15.1. The van der Waals surface area contributed by atoms with Crippen LogP contribution in [0.1, 0.15) is 23.7 Å². The van der Waals surface area contributed by atoms with E-state index in [0.29, 0.717) is 23.1 Å². The van der Waals surface area contributed by atoms with Gasteiger partial charge in [-0.25, -0.2) is 0 Å². The van der Waals surface area contributed by atoms with Crippen LogP contribution in [0.15, 0.2) is 36.4 Å². The molecule has 2 bridgehead atoms. The highest BCUT2D eigenvalue weighted by Gasteiger charge is 2.61. The van der Waals surface area contributed by atoms with Crippen molar-refractivity contribution < 1.29 is 19.5 Å². The van der Waals surface area contributed by atoms with Crippen LogP contribution in [0.3, 0.4) is 0 Å². The van der Waals surface area contributed by atoms with Gasteiger partial charge in [0, 0.05) is 23.1 Å². The van der Waals surface area contributed by atoms with Crippen LogP contribution in [-0.4, -0.2) is 17.7 Å². The van der Waals surface area contributed by atoms with Gasteiger partial charge in [0.1, 0.15) is 0 Å². The fourth-order valence-corrected chi connectivity index (χ4v) is 4.57. The second-order valence-electron chi connectivity index (χ2n) is 7.10. The second kappa shape index (κ2) is 5.30. The van der Waals surface area contributed by atoms with Crippen LogP contribution in [0.5, 0.6) is 0 Å². The average molecular weight is 324 g/mol. The van der Waals surface area contributed by atoms with Crippen molar-refractivity contribution in [3.63, 3.8) is 0 Å². The second-order valence-corrected chi connectivity index (χ2v) is 7.10. The molecule has 4 aliphatic carbocycles. The predicted octanol–water partition coefficient (Wildman–Crippen LogP) is 1.26. The Morgan fingerprint density at radius 2 is 1.58 bits per heavy atom. The highest BCUT2D eigenvalue weighted by atomic mass is 16.4. The summed E-state index contributed by atoms with van der Waals surface area (Å²) in [5.74, 6) is -2.04. The standard InChI is InChI=1S/C19H19NO4/c1-9(21)10-2-4-11(5-3-10)20-18(22)16-12-6-7-13(15-8-14(12)15)17(16)19(23)24/h2-7,12-17H,8H2,1H3,(H,20,22)(H,23,24)/p-1. The molecule has 5 heteroatoms. The monoisotopic (exact) mass is 324 g/mol. The SMILES string of the molecule is CC(=O)c1ccc(NC(=O)C2C3C=CC(C4CC34)C2C(=O)[O-])cc1. The van der Waals surface area contributed by atoms with Gasteiger partial charge in [0.2, 0.25) is 5.91 Å². The lowest BCUT2D eigenvalue weighted by Gasteiger charge is -2.44. The summed E-state index contributed by atoms with van der Waals surface area (Å²) < 4.78 is 0. The van der Waals surface area contributed by atoms with Crippen LogP contribution in [0.4, 0.5) is 5.69 Å². The highest BCUT2D eigenvalue weighted by molar-refractivity contribution is 5.97. The number of fused-ring (bicyclic) bond motifs is 1. The third-order valence-corrected chi connectivity index (χ3v) is 5.79. The van der Waals surface area contributed by atoms with Crippen LogP contribution in [0, 0.1) is 35.5 Å². The Morgan fingerprint density at radius 3 is 2.12 bits per heavy atom. The van der Waals surface area contributed by atoms with E-state index in [0.717, 1.165) is 6.42 Å². The summed E-state index contributed by atoms with van der Waals surface area (Å²) >= 11 is 0. The zero-order valence-corrected chi connectivity index (χ0v) is 13.3. The number of amides is 1. The molecular weight excluding hydrogens is 306 g/mol. The average Bonchev–Trinajstić information content (AvgIpc) is 3.36. The first-order chi connectivity index (χ1) is 11.5. The molecule has 24 heavy (non-hydrogen) atoms. The molecule has 0 spiro atoms. The molecule has 1 N–H and O–H groups in total. The van der Waals surface area contributed by atoms with Crippen LogP contribution in [0.2, 0.25) is 0 Å². The minimum Gasteiger partial charge on any atom is -0.550 e. The summed E-state index contributed by atoms with van der Waals surface area (Å²) in [6.45, 7) is 1.48. The number of carboxylic acids is 1. The van der Waals surface area contributed by atoms with Crippen molar-refractivity contribution in [2.24, 2.45) is 35.5 Å². The van der Waals surface area contributed by atoms with Crippen molar-refractivity contribution in [1.82, 2.24) is 0 Å². The first-order valence-corrected chi connectivity index (χ1v) is 8.28. The molecule has 2 saturated carbocycles. The first-order valence-electron chi connectivity index (χ1n) is 8.28. The van der Waals surface area contributed by atoms with E-state index in [9.17, 15) is 19.5 Å². The van der Waals surface area contributed by atoms with E-state index in [1.54, 1.807) is 24.3 Å². The number of hydrogen-bond acceptors (Lipinski definition) is 4. The molecule has 0 aromatic heterocycles. The van der Waals surface area contributed by atoms with Gasteiger partial charge in [-0.15, -0.1) is 0 Å². The Labute approximate surface area is 139 Å². The number of ketones is 1. The van der Waals surface area contributed by atoms with Crippen molar-refractivity contribution in [1.29, 1.82) is 0 Å². The molecule has 0 saturated heterocycles. The van der Waals surface area contributed by atoms with Gasteiger partial charge >= 0.3 is 0 Å². The topological polar surface area (TPSA) is 86.3 Å². The van der Waals surface area contributed by atoms with Crippen LogP contribution in [-0.2, 0) is 9.59 Å². The summed E-state index contributed by atoms with van der Waals surface area (Å²) in [6.07, 6.45) is 4.98. The number of carbonyl (C=O) groups excluding carboxylic acids is 3. The van der Waals surface area contributed by atoms with Gasteiger partial charge in [0.25, 0.3) is 0 Å². The summed E-state index contributed by atoms with van der Waals surface area (Å²) in [7, 11) is 0. The van der Waals surface area contributed by atoms with E-state index in [2.05, 4.69) is 5.32 Å². The summed E-state index contributed by atoms with van der Waals surface area (Å²) in [5.41, 5.74) is 1.14. The van der Waals surface area contributed by atoms with Gasteiger partial charge in [-0.2, -0.15) is 0 Å². The number of benzene rings is 1. The molecule has 5 nitrogen and oxygen atoms in total. The Morgan fingerprint density at radius 1 is 1.00 bits per heavy atom. The van der Waals surface area contributed by atoms with Crippen LogP contribution in [0.25, 0.3) is 0 Å². The third-order valence-electron chi connectivity index (χ3n) is 5.79. The number of allylic oxidation sites excluding steroid dienone is 2. The number of carbonyl (C=O) groups is 3. The van der Waals surface area contributed by atoms with Crippen LogP contribution < -0.4 is 10.4 Å². The van der Waals surface area contributed by atoms with E-state index < -0.39 is 17.8 Å². The molecule has 1 amide bonds. The summed E-state index contributed by atoms with van der Waals surface area (Å²) in [6, 6.07) is 6.63. The summed E-state index contributed by atoms with van der Waals surface area (Å²) in [5, 5.41) is 14.4. The van der Waals surface area contributed by atoms with Gasteiger partial charge in [-0.05, 0) is 61.3 Å². The molecule has 2 fully saturated rings. The zero-order valence-electron chi connectivity index (χ0n) is 13.3. The maximum Gasteiger partial charge on any atom is 0.228 e. The molecular formula is C19H18NO4-. The molecule has 124 valence electrons. The normalized spacial score (nSPS) is 35.2. The number of carboxylic acid groups (broad SMARTS) is 1. The van der Waals surface area contributed by atoms with E-state index >= 15 is 0 Å². The Bertz CT molecular complexity index is 751. The van der Waals surface area contributed by atoms with Gasteiger partial charge < -0.3 is 15.2 Å². The highest BCUT2D eigenvalue weighted by Crippen LogP contribution is 2.63. The smallest absolute Gasteiger partial charge is 0.228 e. The number of anilines is 1. The third kappa shape index (κ3) is 2.27. The molecule has 5 rings (SSSR count). The molecule has 6 atom stereocenters. The van der Waals surface area contributed by atoms with Gasteiger partial charge in [-0.3, -0.25) is 9.59 Å². The van der Waals surface area contributed by atoms with Crippen molar-refractivity contribution in [2.75, 3.05) is 5.32 Å². The summed E-state index contributed by atoms with van der Waals surface area (Å²) in [4.78, 5) is 35.7. The minimum atomic E-state index is -1.13. The maximum atomic E-state index is 12.8. The number of hydrogen-bond donors (Lipinski definition) is 1. The van der Waals surface area contributed by atoms with Crippen molar-refractivity contribution in [2.45, 2.75) is 13.3 Å². The zero-order chi connectivity index (χ0) is 17.0. The Balaban J connectivity index is 1.56. The largest absolute Gasteiger partial charge is 0.550 e. The number of aliphatic carboxylic acids is 1. The fraction of sp³-hybridized carbons (Fsp3) is 0.421. The molecule has 0 radical (unpaired) electrons. The van der Waals surface area contributed by atoms with Gasteiger partial charge in [0.05, 0.1) is 5.92 Å². The molecule has 6 unspecified atom stereocenters. The Kier molecular flexibility index (Phi) is 3.34. The van der Waals surface area contributed by atoms with Gasteiger partial charge in [0.15, 0.2) is 5.78 Å². The number of Topliss-reactive ketones (excluding diaryl/α,β-unsaturated/α-hetero) is 1. The van der Waals surface area contributed by atoms with E-state index in [4.69, 9.17) is 0 Å². The van der Waals surface area contributed by atoms with E-state index in [1.165, 1.54) is 6.92 Å². The van der Waals surface area contributed by atoms with E-state index in [1.807, 2.05) is 12.2 Å². The molecule has 0 aliphatic heterocycles. The lowest BCUT2D eigenvalue weighted by Crippen LogP contribution is -2.52. The van der Waals surface area contributed by atoms with Crippen molar-refractivity contribution >= 4 is 23.3 Å². The Hall–Kier alpha value is -2.43. The molecule has 4 aliphatic rings. The predicted molar refractivity (Wildman–Crippen MR) is 84.8 cm³/mol. The van der Waals surface area contributed by atoms with Crippen molar-refractivity contribution in [3.05, 3.63) is 42.0 Å². The fourth-order valence-electron chi connectivity index (χ4n) is 4.57. The maximum absolute atomic E-state index is 12.8. The van der Waals surface area contributed by atoms with Crippen LogP contribution >= 0.6 is 0 Å². The molecule has 1 aromatic carbocycles. The lowest BCUT2D eigenvalue weighted by atomic mass is 9.62. The lowest BCUT2D eigenvalue weighted by molar-refractivity contribution is -0.316. The quantitative estimate of drug-likeness (QED) is 0.667. The number of rotatable bonds is 4. The molecule has 1 aromatic rings. The van der Waals surface area contributed by atoms with Crippen molar-refractivity contribution in [3.8, 4) is 0 Å². The number of nitrogens with one attached hydrogen (secondary N) is 1. The van der Waals surface area contributed by atoms with Gasteiger partial charge in [-0.1, -0.05) is 12.2 Å². The minimum absolute atomic E-state index is 0.0145.